The highest BCUT2D eigenvalue weighted by atomic mass is 35.5. The number of benzene rings is 1. The van der Waals surface area contributed by atoms with Crippen molar-refractivity contribution in [1.82, 2.24) is 9.47 Å². The molecule has 47 heavy (non-hydrogen) atoms. The number of aromatic nitrogens is 1. The van der Waals surface area contributed by atoms with Crippen molar-refractivity contribution in [2.24, 2.45) is 23.7 Å². The van der Waals surface area contributed by atoms with Crippen LogP contribution in [0.25, 0.3) is 10.9 Å². The van der Waals surface area contributed by atoms with Crippen LogP contribution in [0.1, 0.15) is 82.1 Å². The van der Waals surface area contributed by atoms with E-state index in [0.29, 0.717) is 37.0 Å². The van der Waals surface area contributed by atoms with Gasteiger partial charge >= 0.3 is 5.97 Å². The topological polar surface area (TPSA) is 121 Å². The molecule has 2 saturated carbocycles. The Hall–Kier alpha value is -2.32. The molecule has 1 spiro atoms. The molecule has 1 aromatic carbocycles. The first-order valence-electron chi connectivity index (χ1n) is 17.1. The minimum atomic E-state index is -1.34. The van der Waals surface area contributed by atoms with Gasteiger partial charge in [0.05, 0.1) is 28.2 Å². The molecule has 9 atom stereocenters. The van der Waals surface area contributed by atoms with Crippen LogP contribution in [0, 0.1) is 29.5 Å². The van der Waals surface area contributed by atoms with Crippen molar-refractivity contribution >= 4 is 34.2 Å². The van der Waals surface area contributed by atoms with Gasteiger partial charge in [0.25, 0.3) is 0 Å². The number of carbonyl (C=O) groups is 1. The third-order valence-electron chi connectivity index (χ3n) is 11.8. The summed E-state index contributed by atoms with van der Waals surface area (Å²) < 4.78 is 36.6. The van der Waals surface area contributed by atoms with Gasteiger partial charge in [0, 0.05) is 56.2 Å². The van der Waals surface area contributed by atoms with Crippen LogP contribution in [0.3, 0.4) is 0 Å². The van der Waals surface area contributed by atoms with E-state index < -0.39 is 41.2 Å². The molecule has 5 saturated heterocycles. The van der Waals surface area contributed by atoms with Crippen LogP contribution >= 0.6 is 11.6 Å². The van der Waals surface area contributed by atoms with Crippen molar-refractivity contribution in [2.45, 2.75) is 102 Å². The molecule has 11 nitrogen and oxygen atoms in total. The predicted octanol–water partition coefficient (Wildman–Crippen LogP) is 5.54. The van der Waals surface area contributed by atoms with Crippen LogP contribution in [0.2, 0.25) is 5.02 Å². The van der Waals surface area contributed by atoms with E-state index in [0.717, 1.165) is 57.6 Å². The first kappa shape index (κ1) is 31.9. The Balaban J connectivity index is 0.925. The molecule has 6 heterocycles. The maximum atomic E-state index is 15.5. The number of ether oxygens (including phenoxy) is 3. The highest BCUT2D eigenvalue weighted by Crippen LogP contribution is 2.60. The van der Waals surface area contributed by atoms with Crippen LogP contribution in [-0.4, -0.2) is 76.8 Å². The maximum Gasteiger partial charge on any atom is 0.341 e. The number of hydrogen-bond acceptors (Lipinski definition) is 9. The monoisotopic (exact) mass is 675 g/mol. The lowest BCUT2D eigenvalue weighted by Crippen LogP contribution is -2.70. The van der Waals surface area contributed by atoms with E-state index in [9.17, 15) is 14.7 Å². The second kappa shape index (κ2) is 11.6. The molecule has 7 fully saturated rings. The summed E-state index contributed by atoms with van der Waals surface area (Å²) in [6.07, 6.45) is 6.71. The van der Waals surface area contributed by atoms with Crippen LogP contribution in [-0.2, 0) is 24.0 Å². The zero-order valence-corrected chi connectivity index (χ0v) is 27.8. The van der Waals surface area contributed by atoms with Crippen molar-refractivity contribution in [3.05, 3.63) is 38.9 Å². The molecule has 0 radical (unpaired) electrons. The minimum Gasteiger partial charge on any atom is -0.477 e. The van der Waals surface area contributed by atoms with Crippen molar-refractivity contribution < 1.29 is 38.3 Å². The predicted molar refractivity (Wildman–Crippen MR) is 170 cm³/mol. The number of fused-ring (bicyclic) bond motifs is 3. The lowest BCUT2D eigenvalue weighted by Gasteiger charge is -2.60. The van der Waals surface area contributed by atoms with Gasteiger partial charge in [-0.3, -0.25) is 9.69 Å². The van der Waals surface area contributed by atoms with Crippen molar-refractivity contribution in [3.63, 3.8) is 0 Å². The fourth-order valence-electron chi connectivity index (χ4n) is 9.09. The third kappa shape index (κ3) is 5.21. The minimum absolute atomic E-state index is 0.0198. The number of halogens is 2. The van der Waals surface area contributed by atoms with E-state index in [-0.39, 0.29) is 45.6 Å². The molecule has 256 valence electrons. The summed E-state index contributed by atoms with van der Waals surface area (Å²) in [6, 6.07) is 1.08. The van der Waals surface area contributed by atoms with Gasteiger partial charge in [0.15, 0.2) is 18.2 Å². The van der Waals surface area contributed by atoms with Gasteiger partial charge in [-0.05, 0) is 63.4 Å². The molecule has 13 heteroatoms. The Morgan fingerprint density at radius 3 is 2.74 bits per heavy atom. The molecule has 2 bridgehead atoms. The Kier molecular flexibility index (Phi) is 7.90. The Labute approximate surface area is 277 Å². The second-order valence-electron chi connectivity index (χ2n) is 14.8. The molecule has 0 amide bonds. The number of nitrogens with one attached hydrogen (secondary N) is 1. The number of likely N-dealkylation sites (tertiary alicyclic amines) is 1. The summed E-state index contributed by atoms with van der Waals surface area (Å²) >= 11 is 6.78. The molecular formula is C34H43ClFN3O8. The molecule has 9 rings (SSSR count). The van der Waals surface area contributed by atoms with Gasteiger partial charge in [0.1, 0.15) is 11.4 Å². The Morgan fingerprint density at radius 2 is 1.98 bits per heavy atom. The molecule has 1 aromatic heterocycles. The zero-order chi connectivity index (χ0) is 32.8. The quantitative estimate of drug-likeness (QED) is 0.345. The second-order valence-corrected chi connectivity index (χ2v) is 15.2. The van der Waals surface area contributed by atoms with Gasteiger partial charge in [-0.15, -0.1) is 0 Å². The molecule has 7 aliphatic rings. The fourth-order valence-corrected chi connectivity index (χ4v) is 9.43. The van der Waals surface area contributed by atoms with Crippen LogP contribution in [0.15, 0.2) is 17.1 Å². The number of hydrogen-bond donors (Lipinski definition) is 2. The van der Waals surface area contributed by atoms with Crippen molar-refractivity contribution in [1.29, 1.82) is 0 Å². The lowest BCUT2D eigenvalue weighted by molar-refractivity contribution is -0.577. The van der Waals surface area contributed by atoms with Gasteiger partial charge in [0.2, 0.25) is 11.2 Å². The van der Waals surface area contributed by atoms with Crippen molar-refractivity contribution in [2.75, 3.05) is 31.6 Å². The highest BCUT2D eigenvalue weighted by molar-refractivity contribution is 6.38. The number of carboxylic acids is 1. The average Bonchev–Trinajstić information content (AvgIpc) is 3.82. The lowest BCUT2D eigenvalue weighted by atomic mass is 9.58. The molecule has 3 unspecified atom stereocenters. The van der Waals surface area contributed by atoms with Gasteiger partial charge in [-0.25, -0.2) is 19.0 Å². The summed E-state index contributed by atoms with van der Waals surface area (Å²) in [5, 5.41) is 12.9. The fraction of sp³-hybridized carbons (Fsp3) is 0.706. The number of nitrogens with zero attached hydrogens (tertiary/aromatic N) is 2. The number of anilines is 1. The first-order chi connectivity index (χ1) is 22.5. The summed E-state index contributed by atoms with van der Waals surface area (Å²) in [4.78, 5) is 39.0. The first-order valence-corrected chi connectivity index (χ1v) is 17.5. The van der Waals surface area contributed by atoms with E-state index in [2.05, 4.69) is 24.1 Å². The SMILES string of the molecule is C[C@H]1[C@@H](OCCN2CCC(Nc3c(F)cc4c(=O)c(C(=O)O)cn(C5CC5)c4c3Cl)C2)O[C@@H]2O[C@]3(C)CCC4[C@H](C)CC[C@@H]1C42OO3. The van der Waals surface area contributed by atoms with Crippen LogP contribution < -0.4 is 10.7 Å². The van der Waals surface area contributed by atoms with E-state index in [4.69, 9.17) is 35.6 Å². The van der Waals surface area contributed by atoms with E-state index in [1.54, 1.807) is 4.57 Å². The van der Waals surface area contributed by atoms with Crippen LogP contribution in [0.4, 0.5) is 10.1 Å². The molecule has 2 N–H and O–H groups in total. The Bertz CT molecular complexity index is 1650. The summed E-state index contributed by atoms with van der Waals surface area (Å²) in [7, 11) is 0. The number of pyridine rings is 1. The molecule has 2 aromatic rings. The van der Waals surface area contributed by atoms with E-state index in [1.807, 2.05) is 6.92 Å². The van der Waals surface area contributed by atoms with Crippen LogP contribution in [0.5, 0.6) is 0 Å². The number of rotatable bonds is 8. The normalized spacial score (nSPS) is 38.4. The summed E-state index contributed by atoms with van der Waals surface area (Å²) in [5.74, 6) is -1.75. The maximum absolute atomic E-state index is 15.5. The highest BCUT2D eigenvalue weighted by Gasteiger charge is 2.69. The van der Waals surface area contributed by atoms with E-state index >= 15 is 4.39 Å². The molecule has 2 aliphatic carbocycles. The number of aromatic carboxylic acids is 1. The zero-order valence-electron chi connectivity index (χ0n) is 27.0. The molecular weight excluding hydrogens is 633 g/mol. The van der Waals surface area contributed by atoms with Gasteiger partial charge in [-0.1, -0.05) is 25.4 Å². The summed E-state index contributed by atoms with van der Waals surface area (Å²) in [6.45, 7) is 9.00. The molecule has 5 aliphatic heterocycles. The van der Waals surface area contributed by atoms with Crippen molar-refractivity contribution in [3.8, 4) is 0 Å². The van der Waals surface area contributed by atoms with E-state index in [1.165, 1.54) is 6.20 Å². The average molecular weight is 676 g/mol. The summed E-state index contributed by atoms with van der Waals surface area (Å²) in [5.41, 5.74) is -1.23. The van der Waals surface area contributed by atoms with Gasteiger partial charge in [-0.2, -0.15) is 0 Å². The largest absolute Gasteiger partial charge is 0.477 e. The third-order valence-corrected chi connectivity index (χ3v) is 12.2. The van der Waals surface area contributed by atoms with Gasteiger partial charge < -0.3 is 29.2 Å². The standard InChI is InChI=1S/C34H43ClFN3O8/c1-17-4-7-24-18(2)31(44-32-34(24)23(17)8-10-33(3,45-32)46-47-34)43-13-12-38-11-9-19(15-38)37-27-25(36)14-21-28(26(27)35)39(20-5-6-20)16-22(29(21)40)30(41)42/h14,16-20,23-24,31-32,37H,4-13,15H2,1-3H3,(H,41,42)/t17-,18-,19?,23?,24+,31+,32-,33+,34?/m1/s1. The number of carboxylic acid groups (broad SMARTS) is 1. The Morgan fingerprint density at radius 1 is 1.17 bits per heavy atom. The smallest absolute Gasteiger partial charge is 0.341 e.